The fraction of sp³-hybridized carbons (Fsp3) is 0.875. The minimum Gasteiger partial charge on any atom is -0.462 e. The van der Waals surface area contributed by atoms with Crippen molar-refractivity contribution in [2.24, 2.45) is 0 Å². The van der Waals surface area contributed by atoms with Gasteiger partial charge in [-0.1, -0.05) is 0 Å². The van der Waals surface area contributed by atoms with Crippen molar-refractivity contribution in [3.63, 3.8) is 0 Å². The summed E-state index contributed by atoms with van der Waals surface area (Å²) >= 11 is 0. The average molecular weight is 208 g/mol. The molecule has 0 saturated heterocycles. The number of carbonyl (C=O) groups excluding carboxylic acids is 1. The highest BCUT2D eigenvalue weighted by molar-refractivity contribution is 5.70. The van der Waals surface area contributed by atoms with Crippen molar-refractivity contribution in [2.75, 3.05) is 46.2 Å². The van der Waals surface area contributed by atoms with Crippen molar-refractivity contribution in [3.05, 3.63) is 0 Å². The molecule has 2 N–H and O–H groups in total. The number of rotatable bonds is 9. The lowest BCUT2D eigenvalue weighted by molar-refractivity contribution is -0.148. The van der Waals surface area contributed by atoms with Crippen molar-refractivity contribution in [3.8, 4) is 0 Å². The van der Waals surface area contributed by atoms with Crippen molar-refractivity contribution >= 4 is 5.97 Å². The van der Waals surface area contributed by atoms with E-state index in [0.717, 1.165) is 0 Å². The number of ether oxygens (including phenoxy) is 3. The van der Waals surface area contributed by atoms with Gasteiger partial charge in [0.05, 0.1) is 33.0 Å². The van der Waals surface area contributed by atoms with Gasteiger partial charge in [0.15, 0.2) is 0 Å². The minimum absolute atomic E-state index is 0.00584. The summed E-state index contributed by atoms with van der Waals surface area (Å²) in [5.41, 5.74) is 0. The molecule has 0 aliphatic carbocycles. The third-order valence-corrected chi connectivity index (χ3v) is 1.23. The molecule has 0 fully saturated rings. The fourth-order valence-electron chi connectivity index (χ4n) is 0.647. The molecular formula is C8H16O6. The molecule has 6 heteroatoms. The Morgan fingerprint density at radius 3 is 2.07 bits per heavy atom. The molecule has 0 radical (unpaired) electrons. The van der Waals surface area contributed by atoms with Crippen LogP contribution in [0.3, 0.4) is 0 Å². The molecule has 6 nitrogen and oxygen atoms in total. The molecule has 0 aliphatic rings. The lowest BCUT2D eigenvalue weighted by atomic mass is 10.7. The van der Waals surface area contributed by atoms with Crippen LogP contribution < -0.4 is 0 Å². The molecule has 0 aromatic heterocycles. The summed E-state index contributed by atoms with van der Waals surface area (Å²) in [6, 6.07) is 0. The Balaban J connectivity index is 2.95. The summed E-state index contributed by atoms with van der Waals surface area (Å²) in [5, 5.41) is 16.6. The zero-order valence-electron chi connectivity index (χ0n) is 7.98. The Labute approximate surface area is 82.4 Å². The molecule has 0 heterocycles. The van der Waals surface area contributed by atoms with Crippen LogP contribution in [-0.2, 0) is 19.0 Å². The van der Waals surface area contributed by atoms with Gasteiger partial charge >= 0.3 is 5.97 Å². The lowest BCUT2D eigenvalue weighted by Crippen LogP contribution is -2.15. The molecule has 0 aromatic carbocycles. The molecular weight excluding hydrogens is 192 g/mol. The Hall–Kier alpha value is -0.690. The maximum absolute atomic E-state index is 10.4. The van der Waals surface area contributed by atoms with Crippen LogP contribution >= 0.6 is 0 Å². The van der Waals surface area contributed by atoms with E-state index in [-0.39, 0.29) is 19.8 Å². The Morgan fingerprint density at radius 2 is 1.50 bits per heavy atom. The van der Waals surface area contributed by atoms with Crippen LogP contribution in [0.5, 0.6) is 0 Å². The number of hydrogen-bond donors (Lipinski definition) is 2. The topological polar surface area (TPSA) is 85.2 Å². The molecule has 0 bridgehead atoms. The molecule has 0 spiro atoms. The lowest BCUT2D eigenvalue weighted by Gasteiger charge is -2.05. The first-order chi connectivity index (χ1) is 6.81. The smallest absolute Gasteiger partial charge is 0.331 e. The van der Waals surface area contributed by atoms with Crippen LogP contribution in [0, 0.1) is 0 Å². The summed E-state index contributed by atoms with van der Waals surface area (Å²) in [5.74, 6) is -0.662. The van der Waals surface area contributed by atoms with Gasteiger partial charge in [-0.05, 0) is 0 Å². The van der Waals surface area contributed by atoms with Gasteiger partial charge in [-0.25, -0.2) is 4.79 Å². The van der Waals surface area contributed by atoms with Gasteiger partial charge in [-0.2, -0.15) is 0 Å². The van der Waals surface area contributed by atoms with E-state index in [1.54, 1.807) is 0 Å². The molecule has 0 aliphatic heterocycles. The molecule has 0 rings (SSSR count). The van der Waals surface area contributed by atoms with E-state index in [0.29, 0.717) is 19.8 Å². The zero-order chi connectivity index (χ0) is 10.6. The number of esters is 1. The maximum Gasteiger partial charge on any atom is 0.331 e. The highest BCUT2D eigenvalue weighted by atomic mass is 16.6. The standard InChI is InChI=1S/C8H16O6/c9-1-2-12-3-4-13-5-6-14-8(11)7-10/h9-10H,1-7H2. The van der Waals surface area contributed by atoms with Gasteiger partial charge in [0.25, 0.3) is 0 Å². The molecule has 0 unspecified atom stereocenters. The quantitative estimate of drug-likeness (QED) is 0.356. The van der Waals surface area contributed by atoms with E-state index in [2.05, 4.69) is 4.74 Å². The first-order valence-corrected chi connectivity index (χ1v) is 4.34. The molecule has 0 amide bonds. The highest BCUT2D eigenvalue weighted by Crippen LogP contribution is 1.81. The second kappa shape index (κ2) is 10.4. The number of aliphatic hydroxyl groups excluding tert-OH is 2. The summed E-state index contributed by atoms with van der Waals surface area (Å²) in [6.45, 7) is 0.857. The van der Waals surface area contributed by atoms with Gasteiger partial charge in [0.2, 0.25) is 0 Å². The van der Waals surface area contributed by atoms with Gasteiger partial charge in [0, 0.05) is 0 Å². The van der Waals surface area contributed by atoms with Crippen molar-refractivity contribution in [1.29, 1.82) is 0 Å². The van der Waals surface area contributed by atoms with Crippen LogP contribution in [-0.4, -0.2) is 62.4 Å². The Morgan fingerprint density at radius 1 is 0.929 bits per heavy atom. The van der Waals surface area contributed by atoms with E-state index in [1.165, 1.54) is 0 Å². The van der Waals surface area contributed by atoms with E-state index >= 15 is 0 Å². The Bertz CT molecular complexity index is 138. The second-order valence-corrected chi connectivity index (χ2v) is 2.33. The third-order valence-electron chi connectivity index (χ3n) is 1.23. The molecule has 84 valence electrons. The SMILES string of the molecule is O=C(CO)OCCOCCOCCO. The monoisotopic (exact) mass is 208 g/mol. The normalized spacial score (nSPS) is 10.1. The molecule has 0 aromatic rings. The predicted molar refractivity (Wildman–Crippen MR) is 46.8 cm³/mol. The molecule has 0 saturated carbocycles. The average Bonchev–Trinajstić information content (AvgIpc) is 2.21. The minimum atomic E-state index is -0.662. The van der Waals surface area contributed by atoms with Crippen molar-refractivity contribution < 1.29 is 29.2 Å². The highest BCUT2D eigenvalue weighted by Gasteiger charge is 1.97. The van der Waals surface area contributed by atoms with Crippen LogP contribution in [0.2, 0.25) is 0 Å². The first kappa shape index (κ1) is 13.3. The fourth-order valence-corrected chi connectivity index (χ4v) is 0.647. The summed E-state index contributed by atoms with van der Waals surface area (Å²) in [6.07, 6.45) is 0. The van der Waals surface area contributed by atoms with E-state index < -0.39 is 12.6 Å². The summed E-state index contributed by atoms with van der Waals surface area (Å²) in [4.78, 5) is 10.4. The largest absolute Gasteiger partial charge is 0.462 e. The molecule has 0 atom stereocenters. The number of carbonyl (C=O) groups is 1. The number of aliphatic hydroxyl groups is 2. The second-order valence-electron chi connectivity index (χ2n) is 2.33. The van der Waals surface area contributed by atoms with Gasteiger partial charge in [-0.15, -0.1) is 0 Å². The van der Waals surface area contributed by atoms with Gasteiger partial charge < -0.3 is 24.4 Å². The summed E-state index contributed by atoms with van der Waals surface area (Å²) in [7, 11) is 0. The maximum atomic E-state index is 10.4. The Kier molecular flexibility index (Phi) is 9.88. The van der Waals surface area contributed by atoms with Crippen molar-refractivity contribution in [1.82, 2.24) is 0 Å². The van der Waals surface area contributed by atoms with E-state index in [4.69, 9.17) is 19.7 Å². The van der Waals surface area contributed by atoms with Crippen LogP contribution in [0.25, 0.3) is 0 Å². The zero-order valence-corrected chi connectivity index (χ0v) is 7.98. The third kappa shape index (κ3) is 9.40. The van der Waals surface area contributed by atoms with Gasteiger partial charge in [0.1, 0.15) is 13.2 Å². The van der Waals surface area contributed by atoms with Crippen molar-refractivity contribution in [2.45, 2.75) is 0 Å². The van der Waals surface area contributed by atoms with E-state index in [9.17, 15) is 4.79 Å². The van der Waals surface area contributed by atoms with Crippen LogP contribution in [0.15, 0.2) is 0 Å². The molecule has 14 heavy (non-hydrogen) atoms. The van der Waals surface area contributed by atoms with Crippen LogP contribution in [0.4, 0.5) is 0 Å². The van der Waals surface area contributed by atoms with E-state index in [1.807, 2.05) is 0 Å². The van der Waals surface area contributed by atoms with Gasteiger partial charge in [-0.3, -0.25) is 0 Å². The van der Waals surface area contributed by atoms with Crippen LogP contribution in [0.1, 0.15) is 0 Å². The predicted octanol–water partition coefficient (Wildman–Crippen LogP) is -1.45. The first-order valence-electron chi connectivity index (χ1n) is 4.34. The summed E-state index contributed by atoms with van der Waals surface area (Å²) < 4.78 is 14.4. The number of hydrogen-bond acceptors (Lipinski definition) is 6.